The number of nitrogens with one attached hydrogen (secondary N) is 2. The van der Waals surface area contributed by atoms with Crippen molar-refractivity contribution in [2.75, 3.05) is 7.05 Å². The number of rotatable bonds is 4. The number of hydrogen-bond acceptors (Lipinski definition) is 3. The summed E-state index contributed by atoms with van der Waals surface area (Å²) < 4.78 is 19.7. The Hall–Kier alpha value is -2.63. The van der Waals surface area contributed by atoms with E-state index in [9.17, 15) is 4.39 Å². The van der Waals surface area contributed by atoms with Gasteiger partial charge in [-0.15, -0.1) is 0 Å². The molecule has 0 fully saturated rings. The lowest BCUT2D eigenvalue weighted by molar-refractivity contribution is 0.440. The van der Waals surface area contributed by atoms with E-state index >= 15 is 0 Å². The Balaban J connectivity index is 1.99. The van der Waals surface area contributed by atoms with Gasteiger partial charge in [-0.05, 0) is 50.6 Å². The number of benzene rings is 1. The first-order valence-corrected chi connectivity index (χ1v) is 7.72. The molecule has 0 bridgehead atoms. The molecule has 0 saturated heterocycles. The molecule has 128 valence electrons. The third kappa shape index (κ3) is 5.53. The summed E-state index contributed by atoms with van der Waals surface area (Å²) >= 11 is 0. The standard InChI is InChI=1S/C18H23FN4O/c1-18(2,3)23-17(20-4)22-11-13-7-8-16(15(19)10-13)24-14-6-5-9-21-12-14/h5-10,12H,11H2,1-4H3,(H2,20,22,23). The number of ether oxygens (including phenoxy) is 1. The zero-order valence-corrected chi connectivity index (χ0v) is 14.4. The highest BCUT2D eigenvalue weighted by molar-refractivity contribution is 5.80. The SMILES string of the molecule is CN=C(NCc1ccc(Oc2cccnc2)c(F)c1)NC(C)(C)C. The van der Waals surface area contributed by atoms with Gasteiger partial charge < -0.3 is 15.4 Å². The Bertz CT molecular complexity index is 696. The van der Waals surface area contributed by atoms with Crippen LogP contribution in [0.25, 0.3) is 0 Å². The predicted octanol–water partition coefficient (Wildman–Crippen LogP) is 3.48. The monoisotopic (exact) mass is 330 g/mol. The van der Waals surface area contributed by atoms with Gasteiger partial charge in [0.25, 0.3) is 0 Å². The minimum atomic E-state index is -0.420. The molecule has 5 nitrogen and oxygen atoms in total. The summed E-state index contributed by atoms with van der Waals surface area (Å²) in [4.78, 5) is 8.09. The van der Waals surface area contributed by atoms with Crippen LogP contribution in [0, 0.1) is 5.82 Å². The van der Waals surface area contributed by atoms with Gasteiger partial charge in [0.05, 0.1) is 6.20 Å². The van der Waals surface area contributed by atoms with Gasteiger partial charge in [-0.1, -0.05) is 6.07 Å². The second-order valence-electron chi connectivity index (χ2n) is 6.36. The molecule has 0 amide bonds. The molecule has 0 atom stereocenters. The predicted molar refractivity (Wildman–Crippen MR) is 93.8 cm³/mol. The van der Waals surface area contributed by atoms with Crippen molar-refractivity contribution in [3.63, 3.8) is 0 Å². The van der Waals surface area contributed by atoms with Crippen LogP contribution in [0.5, 0.6) is 11.5 Å². The molecular formula is C18H23FN4O. The van der Waals surface area contributed by atoms with Crippen molar-refractivity contribution in [1.29, 1.82) is 0 Å². The highest BCUT2D eigenvalue weighted by Crippen LogP contribution is 2.24. The number of aliphatic imine (C=N–C) groups is 1. The number of aromatic nitrogens is 1. The molecule has 1 heterocycles. The molecule has 0 aliphatic heterocycles. The maximum absolute atomic E-state index is 14.2. The highest BCUT2D eigenvalue weighted by atomic mass is 19.1. The fraction of sp³-hybridized carbons (Fsp3) is 0.333. The van der Waals surface area contributed by atoms with Crippen LogP contribution >= 0.6 is 0 Å². The molecule has 0 aliphatic rings. The minimum Gasteiger partial charge on any atom is -0.453 e. The third-order valence-corrected chi connectivity index (χ3v) is 3.04. The summed E-state index contributed by atoms with van der Waals surface area (Å²) in [5, 5.41) is 6.41. The smallest absolute Gasteiger partial charge is 0.191 e. The summed E-state index contributed by atoms with van der Waals surface area (Å²) in [6.07, 6.45) is 3.17. The Labute approximate surface area is 142 Å². The summed E-state index contributed by atoms with van der Waals surface area (Å²) in [6, 6.07) is 8.33. The van der Waals surface area contributed by atoms with Gasteiger partial charge in [0.1, 0.15) is 5.75 Å². The van der Waals surface area contributed by atoms with Crippen molar-refractivity contribution < 1.29 is 9.13 Å². The third-order valence-electron chi connectivity index (χ3n) is 3.04. The van der Waals surface area contributed by atoms with Crippen molar-refractivity contribution in [1.82, 2.24) is 15.6 Å². The molecule has 2 aromatic rings. The van der Waals surface area contributed by atoms with E-state index in [1.807, 2.05) is 26.8 Å². The first kappa shape index (κ1) is 17.7. The second kappa shape index (κ2) is 7.77. The van der Waals surface area contributed by atoms with Crippen LogP contribution in [-0.2, 0) is 6.54 Å². The van der Waals surface area contributed by atoms with Crippen LogP contribution in [-0.4, -0.2) is 23.5 Å². The molecule has 0 saturated carbocycles. The molecule has 0 radical (unpaired) electrons. The van der Waals surface area contributed by atoms with E-state index in [2.05, 4.69) is 20.6 Å². The maximum atomic E-state index is 14.2. The number of halogens is 1. The first-order valence-electron chi connectivity index (χ1n) is 7.72. The van der Waals surface area contributed by atoms with Crippen molar-refractivity contribution >= 4 is 5.96 Å². The van der Waals surface area contributed by atoms with Gasteiger partial charge >= 0.3 is 0 Å². The zero-order chi connectivity index (χ0) is 17.6. The average molecular weight is 330 g/mol. The summed E-state index contributed by atoms with van der Waals surface area (Å²) in [7, 11) is 1.70. The first-order chi connectivity index (χ1) is 11.4. The normalized spacial score (nSPS) is 12.0. The van der Waals surface area contributed by atoms with E-state index < -0.39 is 5.82 Å². The molecule has 1 aromatic heterocycles. The van der Waals surface area contributed by atoms with Crippen LogP contribution in [0.1, 0.15) is 26.3 Å². The zero-order valence-electron chi connectivity index (χ0n) is 14.4. The quantitative estimate of drug-likeness (QED) is 0.666. The minimum absolute atomic E-state index is 0.103. The summed E-state index contributed by atoms with van der Waals surface area (Å²) in [6.45, 7) is 6.60. The fourth-order valence-electron chi connectivity index (χ4n) is 1.99. The number of nitrogens with zero attached hydrogens (tertiary/aromatic N) is 2. The van der Waals surface area contributed by atoms with Crippen LogP contribution in [0.15, 0.2) is 47.7 Å². The molecule has 6 heteroatoms. The van der Waals surface area contributed by atoms with E-state index in [0.717, 1.165) is 5.56 Å². The summed E-state index contributed by atoms with van der Waals surface area (Å²) in [5.74, 6) is 0.913. The Morgan fingerprint density at radius 2 is 2.08 bits per heavy atom. The maximum Gasteiger partial charge on any atom is 0.191 e. The van der Waals surface area contributed by atoms with Gasteiger partial charge in [0, 0.05) is 25.3 Å². The molecule has 2 rings (SSSR count). The number of hydrogen-bond donors (Lipinski definition) is 2. The Kier molecular flexibility index (Phi) is 5.73. The van der Waals surface area contributed by atoms with Gasteiger partial charge in [-0.2, -0.15) is 0 Å². The molecule has 0 unspecified atom stereocenters. The van der Waals surface area contributed by atoms with Gasteiger partial charge in [-0.25, -0.2) is 4.39 Å². The average Bonchev–Trinajstić information content (AvgIpc) is 2.53. The lowest BCUT2D eigenvalue weighted by Gasteiger charge is -2.23. The van der Waals surface area contributed by atoms with E-state index in [4.69, 9.17) is 4.74 Å². The lowest BCUT2D eigenvalue weighted by atomic mass is 10.1. The molecule has 1 aromatic carbocycles. The lowest BCUT2D eigenvalue weighted by Crippen LogP contribution is -2.47. The number of guanidine groups is 1. The number of pyridine rings is 1. The van der Waals surface area contributed by atoms with Crippen molar-refractivity contribution in [2.24, 2.45) is 4.99 Å². The molecule has 2 N–H and O–H groups in total. The van der Waals surface area contributed by atoms with Crippen LogP contribution < -0.4 is 15.4 Å². The molecular weight excluding hydrogens is 307 g/mol. The Morgan fingerprint density at radius 3 is 2.67 bits per heavy atom. The van der Waals surface area contributed by atoms with Crippen molar-refractivity contribution in [3.8, 4) is 11.5 Å². The molecule has 0 aliphatic carbocycles. The van der Waals surface area contributed by atoms with Crippen LogP contribution in [0.4, 0.5) is 4.39 Å². The summed E-state index contributed by atoms with van der Waals surface area (Å²) in [5.41, 5.74) is 0.692. The second-order valence-corrected chi connectivity index (χ2v) is 6.36. The van der Waals surface area contributed by atoms with E-state index in [0.29, 0.717) is 18.3 Å². The van der Waals surface area contributed by atoms with Crippen LogP contribution in [0.3, 0.4) is 0 Å². The van der Waals surface area contributed by atoms with E-state index in [-0.39, 0.29) is 11.3 Å². The fourth-order valence-corrected chi connectivity index (χ4v) is 1.99. The molecule has 0 spiro atoms. The Morgan fingerprint density at radius 1 is 1.29 bits per heavy atom. The van der Waals surface area contributed by atoms with Crippen LogP contribution in [0.2, 0.25) is 0 Å². The van der Waals surface area contributed by atoms with Gasteiger partial charge in [0.15, 0.2) is 17.5 Å². The van der Waals surface area contributed by atoms with Crippen molar-refractivity contribution in [3.05, 3.63) is 54.1 Å². The van der Waals surface area contributed by atoms with Crippen molar-refractivity contribution in [2.45, 2.75) is 32.9 Å². The largest absolute Gasteiger partial charge is 0.453 e. The van der Waals surface area contributed by atoms with E-state index in [1.54, 1.807) is 31.4 Å². The van der Waals surface area contributed by atoms with Gasteiger partial charge in [-0.3, -0.25) is 9.98 Å². The van der Waals surface area contributed by atoms with E-state index in [1.165, 1.54) is 12.3 Å². The van der Waals surface area contributed by atoms with Gasteiger partial charge in [0.2, 0.25) is 0 Å². The topological polar surface area (TPSA) is 58.5 Å². The molecule has 24 heavy (non-hydrogen) atoms. The highest BCUT2D eigenvalue weighted by Gasteiger charge is 2.12.